The summed E-state index contributed by atoms with van der Waals surface area (Å²) in [5.74, 6) is 0. The summed E-state index contributed by atoms with van der Waals surface area (Å²) in [5, 5.41) is 2.25. The number of fused-ring (bicyclic) bond motifs is 6. The standard InChI is InChI=1S/C49H41NO/c1-48(2,3)34-24-28-41-43(30-34)49(4,5)42-19-13-18-40(47(41)42)37-16-9-11-20-44(37)50(35-25-22-33(23-26-35)32-14-7-6-8-15-32)36-27-29-39-38-17-10-12-21-45(38)51-46(39)31-36/h6-31H,1-5H3. The molecule has 0 amide bonds. The smallest absolute Gasteiger partial charge is 0.137 e. The Balaban J connectivity index is 1.25. The zero-order valence-electron chi connectivity index (χ0n) is 29.9. The molecular formula is C49H41NO. The van der Waals surface area contributed by atoms with E-state index in [1.165, 1.54) is 50.1 Å². The molecule has 51 heavy (non-hydrogen) atoms. The van der Waals surface area contributed by atoms with Gasteiger partial charge in [-0.1, -0.05) is 150 Å². The van der Waals surface area contributed by atoms with Crippen LogP contribution in [0.25, 0.3) is 55.3 Å². The molecule has 1 aliphatic rings. The minimum atomic E-state index is -0.115. The average molecular weight is 660 g/mol. The van der Waals surface area contributed by atoms with E-state index in [1.54, 1.807) is 0 Å². The van der Waals surface area contributed by atoms with Gasteiger partial charge in [-0.2, -0.15) is 0 Å². The number of rotatable bonds is 5. The fraction of sp³-hybridized carbons (Fsp3) is 0.143. The molecule has 248 valence electrons. The highest BCUT2D eigenvalue weighted by Gasteiger charge is 2.38. The summed E-state index contributed by atoms with van der Waals surface area (Å²) in [6, 6.07) is 57.3. The van der Waals surface area contributed by atoms with Crippen LogP contribution in [0.3, 0.4) is 0 Å². The van der Waals surface area contributed by atoms with E-state index >= 15 is 0 Å². The van der Waals surface area contributed by atoms with Gasteiger partial charge in [-0.05, 0) is 86.3 Å². The van der Waals surface area contributed by atoms with Gasteiger partial charge in [0.25, 0.3) is 0 Å². The molecule has 0 N–H and O–H groups in total. The maximum Gasteiger partial charge on any atom is 0.137 e. The lowest BCUT2D eigenvalue weighted by Gasteiger charge is -2.29. The molecule has 2 nitrogen and oxygen atoms in total. The lowest BCUT2D eigenvalue weighted by atomic mass is 9.79. The second kappa shape index (κ2) is 11.6. The van der Waals surface area contributed by atoms with E-state index in [-0.39, 0.29) is 10.8 Å². The Bertz CT molecular complexity index is 2580. The molecule has 9 rings (SSSR count). The Hall–Kier alpha value is -5.86. The van der Waals surface area contributed by atoms with Gasteiger partial charge in [-0.3, -0.25) is 0 Å². The summed E-state index contributed by atoms with van der Waals surface area (Å²) in [7, 11) is 0. The van der Waals surface area contributed by atoms with Gasteiger partial charge in [-0.25, -0.2) is 0 Å². The first-order valence-corrected chi connectivity index (χ1v) is 17.9. The molecule has 0 aliphatic heterocycles. The van der Waals surface area contributed by atoms with Crippen LogP contribution < -0.4 is 4.90 Å². The molecule has 1 aliphatic carbocycles. The summed E-state index contributed by atoms with van der Waals surface area (Å²) >= 11 is 0. The van der Waals surface area contributed by atoms with Gasteiger partial charge in [0, 0.05) is 39.2 Å². The molecule has 1 aromatic heterocycles. The Morgan fingerprint density at radius 1 is 0.490 bits per heavy atom. The van der Waals surface area contributed by atoms with Crippen LogP contribution in [-0.2, 0) is 10.8 Å². The van der Waals surface area contributed by atoms with Gasteiger partial charge in [0.2, 0.25) is 0 Å². The van der Waals surface area contributed by atoms with E-state index in [9.17, 15) is 0 Å². The molecule has 0 spiro atoms. The zero-order valence-corrected chi connectivity index (χ0v) is 29.9. The van der Waals surface area contributed by atoms with Crippen molar-refractivity contribution < 1.29 is 4.42 Å². The molecule has 0 saturated heterocycles. The molecule has 0 unspecified atom stereocenters. The third-order valence-electron chi connectivity index (χ3n) is 10.9. The number of anilines is 3. The second-order valence-electron chi connectivity index (χ2n) is 15.4. The number of furan rings is 1. The van der Waals surface area contributed by atoms with Gasteiger partial charge in [0.05, 0.1) is 5.69 Å². The zero-order chi connectivity index (χ0) is 34.9. The molecule has 0 saturated carbocycles. The van der Waals surface area contributed by atoms with Gasteiger partial charge in [0.15, 0.2) is 0 Å². The highest BCUT2D eigenvalue weighted by atomic mass is 16.3. The normalized spacial score (nSPS) is 13.4. The summed E-state index contributed by atoms with van der Waals surface area (Å²) in [4.78, 5) is 2.39. The molecule has 0 radical (unpaired) electrons. The number of nitrogens with zero attached hydrogens (tertiary/aromatic N) is 1. The summed E-state index contributed by atoms with van der Waals surface area (Å²) in [5.41, 5.74) is 16.6. The van der Waals surface area contributed by atoms with Crippen molar-refractivity contribution in [1.29, 1.82) is 0 Å². The van der Waals surface area contributed by atoms with E-state index in [4.69, 9.17) is 4.42 Å². The highest BCUT2D eigenvalue weighted by molar-refractivity contribution is 6.06. The Labute approximate surface area is 300 Å². The molecule has 0 atom stereocenters. The van der Waals surface area contributed by atoms with Crippen LogP contribution in [0.5, 0.6) is 0 Å². The average Bonchev–Trinajstić information content (AvgIpc) is 3.63. The Kier molecular flexibility index (Phi) is 7.09. The topological polar surface area (TPSA) is 16.4 Å². The van der Waals surface area contributed by atoms with E-state index in [0.29, 0.717) is 0 Å². The Morgan fingerprint density at radius 2 is 1.16 bits per heavy atom. The fourth-order valence-corrected chi connectivity index (χ4v) is 8.09. The van der Waals surface area contributed by atoms with E-state index in [1.807, 2.05) is 12.1 Å². The maximum absolute atomic E-state index is 6.44. The number of benzene rings is 7. The van der Waals surface area contributed by atoms with Gasteiger partial charge < -0.3 is 9.32 Å². The van der Waals surface area contributed by atoms with E-state index in [0.717, 1.165) is 39.0 Å². The summed E-state index contributed by atoms with van der Waals surface area (Å²) in [6.07, 6.45) is 0. The molecule has 1 heterocycles. The quantitative estimate of drug-likeness (QED) is 0.183. The van der Waals surface area contributed by atoms with Crippen LogP contribution >= 0.6 is 0 Å². The fourth-order valence-electron chi connectivity index (χ4n) is 8.09. The SMILES string of the molecule is CC(C)(C)c1ccc2c(c1)C(C)(C)c1cccc(-c3ccccc3N(c3ccc(-c4ccccc4)cc3)c3ccc4c(c3)oc3ccccc34)c1-2. The highest BCUT2D eigenvalue weighted by Crippen LogP contribution is 2.54. The van der Waals surface area contributed by atoms with Gasteiger partial charge in [0.1, 0.15) is 11.2 Å². The molecule has 2 heteroatoms. The maximum atomic E-state index is 6.44. The van der Waals surface area contributed by atoms with Crippen molar-refractivity contribution in [1.82, 2.24) is 0 Å². The molecule has 0 bridgehead atoms. The van der Waals surface area contributed by atoms with E-state index < -0.39 is 0 Å². The predicted molar refractivity (Wildman–Crippen MR) is 216 cm³/mol. The molecule has 0 fully saturated rings. The van der Waals surface area contributed by atoms with Crippen LogP contribution in [0.1, 0.15) is 51.3 Å². The van der Waals surface area contributed by atoms with Crippen molar-refractivity contribution in [3.8, 4) is 33.4 Å². The van der Waals surface area contributed by atoms with E-state index in [2.05, 4.69) is 185 Å². The Morgan fingerprint density at radius 3 is 1.96 bits per heavy atom. The minimum absolute atomic E-state index is 0.0762. The van der Waals surface area contributed by atoms with Gasteiger partial charge >= 0.3 is 0 Å². The van der Waals surface area contributed by atoms with Crippen LogP contribution in [0, 0.1) is 0 Å². The van der Waals surface area contributed by atoms with Crippen LogP contribution in [0.2, 0.25) is 0 Å². The third kappa shape index (κ3) is 5.09. The monoisotopic (exact) mass is 659 g/mol. The molecule has 8 aromatic rings. The first-order valence-electron chi connectivity index (χ1n) is 17.9. The van der Waals surface area contributed by atoms with Crippen LogP contribution in [0.15, 0.2) is 162 Å². The minimum Gasteiger partial charge on any atom is -0.456 e. The van der Waals surface area contributed by atoms with Crippen molar-refractivity contribution in [2.45, 2.75) is 45.4 Å². The van der Waals surface area contributed by atoms with Crippen LogP contribution in [0.4, 0.5) is 17.1 Å². The lowest BCUT2D eigenvalue weighted by Crippen LogP contribution is -2.17. The van der Waals surface area contributed by atoms with Crippen molar-refractivity contribution in [2.24, 2.45) is 0 Å². The van der Waals surface area contributed by atoms with Gasteiger partial charge in [-0.15, -0.1) is 0 Å². The predicted octanol–water partition coefficient (Wildman–Crippen LogP) is 14.0. The molecular weight excluding hydrogens is 619 g/mol. The first-order chi connectivity index (χ1) is 24.7. The largest absolute Gasteiger partial charge is 0.456 e. The second-order valence-corrected chi connectivity index (χ2v) is 15.4. The number of hydrogen-bond acceptors (Lipinski definition) is 2. The lowest BCUT2D eigenvalue weighted by molar-refractivity contribution is 0.584. The van der Waals surface area contributed by atoms with Crippen molar-refractivity contribution >= 4 is 39.0 Å². The first kappa shape index (κ1) is 31.1. The molecule has 7 aromatic carbocycles. The van der Waals surface area contributed by atoms with Crippen molar-refractivity contribution in [3.63, 3.8) is 0 Å². The third-order valence-corrected chi connectivity index (χ3v) is 10.9. The summed E-state index contributed by atoms with van der Waals surface area (Å²) < 4.78 is 6.44. The number of hydrogen-bond donors (Lipinski definition) is 0. The number of para-hydroxylation sites is 2. The summed E-state index contributed by atoms with van der Waals surface area (Å²) in [6.45, 7) is 11.7. The van der Waals surface area contributed by atoms with Crippen molar-refractivity contribution in [2.75, 3.05) is 4.90 Å². The van der Waals surface area contributed by atoms with Crippen molar-refractivity contribution in [3.05, 3.63) is 174 Å². The van der Waals surface area contributed by atoms with Crippen LogP contribution in [-0.4, -0.2) is 0 Å².